The van der Waals surface area contributed by atoms with Gasteiger partial charge in [0.05, 0.1) is 0 Å². The van der Waals surface area contributed by atoms with Crippen LogP contribution in [0.2, 0.25) is 0 Å². The molecule has 0 aliphatic heterocycles. The van der Waals surface area contributed by atoms with Crippen LogP contribution in [-0.4, -0.2) is 90.1 Å². The molecular weight excluding hydrogens is 390 g/mol. The molecule has 0 rings (SSSR count). The average Bonchev–Trinajstić information content (AvgIpc) is 0. The first-order valence-electron chi connectivity index (χ1n) is 0. The molecule has 29 valence electrons. The van der Waals surface area contributed by atoms with Crippen LogP contribution >= 0.6 is 0 Å². The van der Waals surface area contributed by atoms with Gasteiger partial charge in [0.1, 0.15) is 0 Å². The van der Waals surface area contributed by atoms with E-state index in [1.54, 1.807) is 0 Å². The predicted octanol–water partition coefficient (Wildman–Crippen LogP) is -2.12. The van der Waals surface area contributed by atoms with Gasteiger partial charge in [0, 0.05) is 8.41 Å². The minimum absolute atomic E-state index is 0. The first-order valence-corrected chi connectivity index (χ1v) is 0. The molecule has 0 amide bonds. The van der Waals surface area contributed by atoms with Crippen LogP contribution in [0.3, 0.4) is 0 Å². The molecule has 0 unspecified atom stereocenters. The summed E-state index contributed by atoms with van der Waals surface area (Å²) >= 11 is 0. The van der Waals surface area contributed by atoms with Crippen LogP contribution in [0.15, 0.2) is 0 Å². The summed E-state index contributed by atoms with van der Waals surface area (Å²) in [6.45, 7) is 0. The fourth-order valence-corrected chi connectivity index (χ4v) is 0. The molecule has 0 spiro atoms. The van der Waals surface area contributed by atoms with Crippen molar-refractivity contribution in [3.05, 3.63) is 0 Å². The molecule has 5 heteroatoms. The quantitative estimate of drug-likeness (QED) is 0.419. The van der Waals surface area contributed by atoms with Gasteiger partial charge in [-0.2, -0.15) is 0 Å². The summed E-state index contributed by atoms with van der Waals surface area (Å²) < 4.78 is 0. The Balaban J connectivity index is 0. The molecule has 0 fully saturated rings. The molecule has 5 heavy (non-hydrogen) atoms. The zero-order valence-corrected chi connectivity index (χ0v) is 12.8. The van der Waals surface area contributed by atoms with E-state index < -0.39 is 0 Å². The van der Waals surface area contributed by atoms with E-state index in [-0.39, 0.29) is 97.6 Å². The third kappa shape index (κ3) is 21.3. The standard InChI is InChI=1S/B.Ba.FH.H2O.Pb.4H/h;;1H;1H2;;;;;/q;+2;;;;;;2*-1. The summed E-state index contributed by atoms with van der Waals surface area (Å²) in [6, 6.07) is 0. The summed E-state index contributed by atoms with van der Waals surface area (Å²) in [5.74, 6) is 0. The Morgan fingerprint density at radius 1 is 1.20 bits per heavy atom. The predicted molar refractivity (Wildman–Crippen MR) is 28.4 cm³/mol. The number of halogens is 1. The van der Waals surface area contributed by atoms with Gasteiger partial charge < -0.3 is 8.33 Å². The zero-order valence-electron chi connectivity index (χ0n) is 4.90. The molecule has 0 saturated carbocycles. The molecule has 0 aliphatic rings. The van der Waals surface area contributed by atoms with Crippen molar-refractivity contribution in [2.45, 2.75) is 0 Å². The number of hydrogen-bond donors (Lipinski definition) is 0. The Morgan fingerprint density at radius 2 is 1.20 bits per heavy atom. The van der Waals surface area contributed by atoms with Gasteiger partial charge in [-0.25, -0.2) is 0 Å². The van der Waals surface area contributed by atoms with E-state index in [1.807, 2.05) is 0 Å². The van der Waals surface area contributed by atoms with E-state index in [9.17, 15) is 0 Å². The fraction of sp³-hybridized carbons (Fsp3) is 0. The molecule has 1 nitrogen and oxygen atoms in total. The van der Waals surface area contributed by atoms with Gasteiger partial charge in [0.15, 0.2) is 0 Å². The number of rotatable bonds is 0. The van der Waals surface area contributed by atoms with Crippen LogP contribution in [0.1, 0.15) is 2.85 Å². The van der Waals surface area contributed by atoms with Crippen molar-refractivity contribution in [2.75, 3.05) is 0 Å². The van der Waals surface area contributed by atoms with Gasteiger partial charge in [0.2, 0.25) is 0 Å². The third-order valence-electron chi connectivity index (χ3n) is 0. The zero-order chi connectivity index (χ0) is 0. The molecule has 0 heterocycles. The monoisotopic (exact) mass is 399 g/mol. The molecule has 2 N–H and O–H groups in total. The maximum atomic E-state index is 0. The van der Waals surface area contributed by atoms with Gasteiger partial charge in [-0.3, -0.25) is 4.70 Å². The Hall–Kier alpha value is 2.45. The minimum atomic E-state index is 0. The van der Waals surface area contributed by atoms with Gasteiger partial charge >= 0.3 is 76.2 Å². The molecule has 0 atom stereocenters. The summed E-state index contributed by atoms with van der Waals surface area (Å²) in [4.78, 5) is 0. The summed E-state index contributed by atoms with van der Waals surface area (Å²) in [5.41, 5.74) is 0. The maximum absolute atomic E-state index is 0. The van der Waals surface area contributed by atoms with Crippen molar-refractivity contribution >= 4 is 84.6 Å². The average molecular weight is 397 g/mol. The second kappa shape index (κ2) is 31.9. The first kappa shape index (κ1) is 51.7. The molecule has 0 aliphatic carbocycles. The third-order valence-corrected chi connectivity index (χ3v) is 0. The Labute approximate surface area is 95.7 Å². The first-order chi connectivity index (χ1) is 0. The second-order valence-electron chi connectivity index (χ2n) is 0. The van der Waals surface area contributed by atoms with Crippen molar-refractivity contribution < 1.29 is 13.0 Å². The van der Waals surface area contributed by atoms with Crippen molar-refractivity contribution in [1.82, 2.24) is 0 Å². The van der Waals surface area contributed by atoms with E-state index in [0.29, 0.717) is 0 Å². The SMILES string of the molecule is F.O.[B].[Ba+2].[H-].[H-].[PbH2]. The Bertz CT molecular complexity index is 17.7. The number of hydrogen-bond acceptors (Lipinski definition) is 0. The van der Waals surface area contributed by atoms with Crippen molar-refractivity contribution in [2.24, 2.45) is 0 Å². The van der Waals surface area contributed by atoms with Crippen LogP contribution < -0.4 is 0 Å². The van der Waals surface area contributed by atoms with Crippen LogP contribution in [0, 0.1) is 0 Å². The van der Waals surface area contributed by atoms with Crippen molar-refractivity contribution in [3.63, 3.8) is 0 Å². The summed E-state index contributed by atoms with van der Waals surface area (Å²) in [5, 5.41) is 0. The van der Waals surface area contributed by atoms with Crippen LogP contribution in [0.25, 0.3) is 0 Å². The van der Waals surface area contributed by atoms with Crippen molar-refractivity contribution in [1.29, 1.82) is 0 Å². The molecule has 0 bridgehead atoms. The summed E-state index contributed by atoms with van der Waals surface area (Å²) in [7, 11) is 0. The van der Waals surface area contributed by atoms with E-state index in [2.05, 4.69) is 0 Å². The molecule has 0 aromatic rings. The van der Waals surface area contributed by atoms with Gasteiger partial charge in [0.25, 0.3) is 0 Å². The molecular formula is H7BBaFOPb. The fourth-order valence-electron chi connectivity index (χ4n) is 0. The normalized spacial score (nSPS) is 0. The van der Waals surface area contributed by atoms with Gasteiger partial charge in [-0.1, -0.05) is 0 Å². The van der Waals surface area contributed by atoms with Crippen LogP contribution in [-0.2, 0) is 0 Å². The van der Waals surface area contributed by atoms with Gasteiger partial charge in [-0.05, 0) is 0 Å². The molecule has 0 aromatic carbocycles. The van der Waals surface area contributed by atoms with E-state index in [0.717, 1.165) is 0 Å². The van der Waals surface area contributed by atoms with E-state index >= 15 is 0 Å². The molecule has 0 saturated heterocycles. The van der Waals surface area contributed by atoms with E-state index in [1.165, 1.54) is 0 Å². The summed E-state index contributed by atoms with van der Waals surface area (Å²) in [6.07, 6.45) is 0. The van der Waals surface area contributed by atoms with Crippen molar-refractivity contribution in [3.8, 4) is 0 Å². The van der Waals surface area contributed by atoms with Gasteiger partial charge in [-0.15, -0.1) is 0 Å². The molecule has 5 radical (unpaired) electrons. The Morgan fingerprint density at radius 3 is 1.20 bits per heavy atom. The van der Waals surface area contributed by atoms with Crippen LogP contribution in [0.4, 0.5) is 4.70 Å². The topological polar surface area (TPSA) is 31.5 Å². The van der Waals surface area contributed by atoms with Crippen LogP contribution in [0.5, 0.6) is 0 Å². The second-order valence-corrected chi connectivity index (χ2v) is 0. The molecule has 0 aromatic heterocycles. The Kier molecular flexibility index (Phi) is 330. The van der Waals surface area contributed by atoms with E-state index in [4.69, 9.17) is 0 Å².